The molecule has 0 saturated heterocycles. The highest BCUT2D eigenvalue weighted by Crippen LogP contribution is 2.41. The number of thiophene rings is 2. The molecule has 3 aromatic carbocycles. The maximum absolute atomic E-state index is 13.4. The number of carbonyl (C=O) groups is 2. The molecule has 0 aliphatic carbocycles. The molecule has 0 N–H and O–H groups in total. The number of benzene rings is 3. The second kappa shape index (κ2) is 10.8. The minimum Gasteiger partial charge on any atom is -0.452 e. The van der Waals surface area contributed by atoms with Crippen LogP contribution in [0.1, 0.15) is 75.3 Å². The highest BCUT2D eigenvalue weighted by molar-refractivity contribution is 7.25. The van der Waals surface area contributed by atoms with E-state index in [1.165, 1.54) is 26.1 Å². The van der Waals surface area contributed by atoms with Crippen molar-refractivity contribution in [2.75, 3.05) is 0 Å². The average molecular weight is 571 g/mol. The third kappa shape index (κ3) is 5.70. The predicted molar refractivity (Wildman–Crippen MR) is 165 cm³/mol. The van der Waals surface area contributed by atoms with Gasteiger partial charge in [-0.25, -0.2) is 0 Å². The first-order valence-corrected chi connectivity index (χ1v) is 15.1. The van der Waals surface area contributed by atoms with Crippen LogP contribution in [0.4, 0.5) is 0 Å². The fourth-order valence-corrected chi connectivity index (χ4v) is 6.35. The van der Waals surface area contributed by atoms with Gasteiger partial charge in [-0.1, -0.05) is 54.6 Å². The summed E-state index contributed by atoms with van der Waals surface area (Å²) in [6.07, 6.45) is -1.33. The summed E-state index contributed by atoms with van der Waals surface area (Å²) < 4.78 is 14.9. The highest BCUT2D eigenvalue weighted by Gasteiger charge is 2.34. The minimum absolute atomic E-state index is 0.296. The Morgan fingerprint density at radius 2 is 1.23 bits per heavy atom. The molecule has 6 heteroatoms. The maximum Gasteiger partial charge on any atom is 0.312 e. The zero-order valence-corrected chi connectivity index (χ0v) is 25.3. The molecule has 4 nitrogen and oxygen atoms in total. The summed E-state index contributed by atoms with van der Waals surface area (Å²) in [6, 6.07) is 26.3. The zero-order chi connectivity index (χ0) is 28.7. The number of hydrogen-bond donors (Lipinski definition) is 0. The minimum atomic E-state index is -0.696. The van der Waals surface area contributed by atoms with Gasteiger partial charge in [0.25, 0.3) is 0 Å². The number of carbonyl (C=O) groups excluding carboxylic acids is 2. The molecule has 0 bridgehead atoms. The topological polar surface area (TPSA) is 52.6 Å². The standard InChI is InChI=1S/C34H34O4S2/c1-33(2,3)31(35)37-29(21-17-18-27-25(20-21)22-12-9-10-15-26(22)40-27)23-13-7-8-14-24(23)30(28-16-11-19-39-28)38-32(36)34(4,5)6/h7-20,29-30H,1-6H3. The number of esters is 2. The molecule has 2 aromatic heterocycles. The number of ether oxygens (including phenoxy) is 2. The Balaban J connectivity index is 1.68. The molecule has 0 radical (unpaired) electrons. The van der Waals surface area contributed by atoms with Gasteiger partial charge in [0.05, 0.1) is 10.8 Å². The molecule has 5 aromatic rings. The van der Waals surface area contributed by atoms with Gasteiger partial charge in [-0.15, -0.1) is 22.7 Å². The van der Waals surface area contributed by atoms with E-state index in [1.807, 2.05) is 102 Å². The van der Waals surface area contributed by atoms with Crippen LogP contribution in [0, 0.1) is 10.8 Å². The SMILES string of the molecule is CC(C)(C)C(=O)OC(c1ccc2sc3ccccc3c2c1)c1ccccc1C(OC(=O)C(C)(C)C)c1cccs1. The molecular formula is C34H34O4S2. The van der Waals surface area contributed by atoms with Crippen molar-refractivity contribution in [2.24, 2.45) is 10.8 Å². The summed E-state index contributed by atoms with van der Waals surface area (Å²) in [7, 11) is 0. The van der Waals surface area contributed by atoms with E-state index < -0.39 is 23.0 Å². The first-order valence-electron chi connectivity index (χ1n) is 13.4. The van der Waals surface area contributed by atoms with E-state index >= 15 is 0 Å². The van der Waals surface area contributed by atoms with Crippen molar-refractivity contribution < 1.29 is 19.1 Å². The van der Waals surface area contributed by atoms with Crippen molar-refractivity contribution in [3.63, 3.8) is 0 Å². The van der Waals surface area contributed by atoms with Crippen LogP contribution in [0.15, 0.2) is 84.2 Å². The van der Waals surface area contributed by atoms with Crippen molar-refractivity contribution >= 4 is 54.8 Å². The van der Waals surface area contributed by atoms with Crippen LogP contribution in [0.2, 0.25) is 0 Å². The number of rotatable bonds is 6. The van der Waals surface area contributed by atoms with E-state index in [0.29, 0.717) is 0 Å². The number of hydrogen-bond acceptors (Lipinski definition) is 6. The maximum atomic E-state index is 13.4. The van der Waals surface area contributed by atoms with E-state index in [9.17, 15) is 9.59 Å². The summed E-state index contributed by atoms with van der Waals surface area (Å²) in [6.45, 7) is 11.1. The van der Waals surface area contributed by atoms with Gasteiger partial charge in [0.2, 0.25) is 0 Å². The van der Waals surface area contributed by atoms with Gasteiger partial charge in [-0.2, -0.15) is 0 Å². The van der Waals surface area contributed by atoms with Crippen molar-refractivity contribution in [3.05, 3.63) is 106 Å². The summed E-state index contributed by atoms with van der Waals surface area (Å²) >= 11 is 3.28. The van der Waals surface area contributed by atoms with Gasteiger partial charge >= 0.3 is 11.9 Å². The Morgan fingerprint density at radius 3 is 1.85 bits per heavy atom. The Bertz CT molecular complexity index is 1670. The molecule has 0 fully saturated rings. The molecule has 0 aliphatic rings. The second-order valence-electron chi connectivity index (χ2n) is 12.1. The van der Waals surface area contributed by atoms with E-state index in [1.54, 1.807) is 11.3 Å². The first-order chi connectivity index (χ1) is 18.9. The van der Waals surface area contributed by atoms with Crippen LogP contribution in [0.5, 0.6) is 0 Å². The lowest BCUT2D eigenvalue weighted by Crippen LogP contribution is -2.27. The van der Waals surface area contributed by atoms with E-state index in [-0.39, 0.29) is 11.9 Å². The Morgan fingerprint density at radius 1 is 0.650 bits per heavy atom. The van der Waals surface area contributed by atoms with Crippen LogP contribution in [-0.2, 0) is 19.1 Å². The summed E-state index contributed by atoms with van der Waals surface area (Å²) in [5.74, 6) is -0.600. The zero-order valence-electron chi connectivity index (χ0n) is 23.7. The molecule has 0 saturated carbocycles. The highest BCUT2D eigenvalue weighted by atomic mass is 32.1. The first kappa shape index (κ1) is 28.1. The molecule has 40 heavy (non-hydrogen) atoms. The van der Waals surface area contributed by atoms with Crippen LogP contribution in [0.25, 0.3) is 20.2 Å². The lowest BCUT2D eigenvalue weighted by atomic mass is 9.91. The van der Waals surface area contributed by atoms with Crippen molar-refractivity contribution in [3.8, 4) is 0 Å². The molecule has 2 heterocycles. The van der Waals surface area contributed by atoms with Crippen LogP contribution in [0.3, 0.4) is 0 Å². The summed E-state index contributed by atoms with van der Waals surface area (Å²) in [4.78, 5) is 27.4. The molecule has 5 rings (SSSR count). The second-order valence-corrected chi connectivity index (χ2v) is 14.1. The molecule has 2 unspecified atom stereocenters. The number of fused-ring (bicyclic) bond motifs is 3. The van der Waals surface area contributed by atoms with Gasteiger partial charge in [0.15, 0.2) is 12.2 Å². The van der Waals surface area contributed by atoms with E-state index in [4.69, 9.17) is 9.47 Å². The van der Waals surface area contributed by atoms with Crippen LogP contribution < -0.4 is 0 Å². The normalized spacial score (nSPS) is 13.8. The smallest absolute Gasteiger partial charge is 0.312 e. The third-order valence-electron chi connectivity index (χ3n) is 6.74. The predicted octanol–water partition coefficient (Wildman–Crippen LogP) is 9.47. The summed E-state index contributed by atoms with van der Waals surface area (Å²) in [5.41, 5.74) is 1.09. The Kier molecular flexibility index (Phi) is 7.60. The lowest BCUT2D eigenvalue weighted by Gasteiger charge is -2.29. The van der Waals surface area contributed by atoms with Crippen molar-refractivity contribution in [2.45, 2.75) is 53.8 Å². The van der Waals surface area contributed by atoms with Crippen LogP contribution in [-0.4, -0.2) is 11.9 Å². The molecule has 0 amide bonds. The average Bonchev–Trinajstić information content (AvgIpc) is 3.57. The summed E-state index contributed by atoms with van der Waals surface area (Å²) in [5, 5.41) is 4.28. The Hall–Kier alpha value is -3.48. The fraction of sp³-hybridized carbons (Fsp3) is 0.294. The molecule has 2 atom stereocenters. The van der Waals surface area contributed by atoms with E-state index in [2.05, 4.69) is 24.3 Å². The van der Waals surface area contributed by atoms with Gasteiger partial charge in [0.1, 0.15) is 0 Å². The molecule has 0 spiro atoms. The van der Waals surface area contributed by atoms with Gasteiger partial charge in [-0.05, 0) is 76.8 Å². The van der Waals surface area contributed by atoms with Gasteiger partial charge in [-0.3, -0.25) is 9.59 Å². The van der Waals surface area contributed by atoms with Crippen molar-refractivity contribution in [1.82, 2.24) is 0 Å². The van der Waals surface area contributed by atoms with Gasteiger partial charge in [0, 0.05) is 36.2 Å². The Labute approximate surface area is 243 Å². The van der Waals surface area contributed by atoms with Crippen molar-refractivity contribution in [1.29, 1.82) is 0 Å². The fourth-order valence-electron chi connectivity index (χ4n) is 4.49. The largest absolute Gasteiger partial charge is 0.452 e. The van der Waals surface area contributed by atoms with E-state index in [0.717, 1.165) is 27.0 Å². The van der Waals surface area contributed by atoms with Crippen LogP contribution >= 0.6 is 22.7 Å². The molecular weight excluding hydrogens is 537 g/mol. The monoisotopic (exact) mass is 570 g/mol. The third-order valence-corrected chi connectivity index (χ3v) is 8.81. The quantitative estimate of drug-likeness (QED) is 0.191. The molecule has 0 aliphatic heterocycles. The lowest BCUT2D eigenvalue weighted by molar-refractivity contribution is -0.158. The van der Waals surface area contributed by atoms with Gasteiger partial charge < -0.3 is 9.47 Å². The molecule has 206 valence electrons.